The van der Waals surface area contributed by atoms with Crippen LogP contribution in [0.3, 0.4) is 0 Å². The Morgan fingerprint density at radius 1 is 0.303 bits per heavy atom. The van der Waals surface area contributed by atoms with Gasteiger partial charge in [-0.15, -0.1) is 0 Å². The van der Waals surface area contributed by atoms with Crippen LogP contribution in [0.15, 0.2) is 219 Å². The third-order valence-corrected chi connectivity index (χ3v) is 13.9. The molecule has 13 aromatic rings. The van der Waals surface area contributed by atoms with E-state index in [1.54, 1.807) is 12.1 Å². The molecule has 0 spiro atoms. The van der Waals surface area contributed by atoms with Crippen molar-refractivity contribution in [3.05, 3.63) is 241 Å². The summed E-state index contributed by atoms with van der Waals surface area (Å²) in [7, 11) is 0. The lowest BCUT2D eigenvalue weighted by atomic mass is 9.98. The summed E-state index contributed by atoms with van der Waals surface area (Å²) >= 11 is 0. The summed E-state index contributed by atoms with van der Waals surface area (Å²) in [6.07, 6.45) is 3.74. The van der Waals surface area contributed by atoms with Crippen LogP contribution >= 0.6 is 0 Å². The number of rotatable bonds is 8. The summed E-state index contributed by atoms with van der Waals surface area (Å²) in [6.45, 7) is 0. The average molecular weight is 969 g/mol. The van der Waals surface area contributed by atoms with Gasteiger partial charge in [-0.2, -0.15) is 21.0 Å². The predicted molar refractivity (Wildman–Crippen MR) is 298 cm³/mol. The van der Waals surface area contributed by atoms with E-state index in [-0.39, 0.29) is 0 Å². The van der Waals surface area contributed by atoms with Gasteiger partial charge in [0.2, 0.25) is 0 Å². The van der Waals surface area contributed by atoms with Crippen LogP contribution in [0, 0.1) is 45.3 Å². The highest BCUT2D eigenvalue weighted by Gasteiger charge is 2.23. The normalized spacial score (nSPS) is 11.1. The van der Waals surface area contributed by atoms with Crippen LogP contribution in [0.4, 0.5) is 0 Å². The maximum absolute atomic E-state index is 9.91. The zero-order chi connectivity index (χ0) is 51.3. The molecule has 0 fully saturated rings. The Balaban J connectivity index is 1.07. The molecule has 0 aliphatic heterocycles. The van der Waals surface area contributed by atoms with E-state index in [0.717, 1.165) is 105 Å². The minimum absolute atomic E-state index is 0.415. The SMILES string of the molecule is N#Cc1cc(C#N)cc(-c2ccc3c(c2)c2ccccc2n3-c2cnccc2-c2ccc(-c3nc(-c4ccccc4)nc(-c4ccccc4)n3)cc2-n2c3ccccc3c3cc(-c4cc(C#N)cc(C#N)c4)ccc32)c1. The summed E-state index contributed by atoms with van der Waals surface area (Å²) < 4.78 is 4.55. The first-order valence-electron chi connectivity index (χ1n) is 24.4. The van der Waals surface area contributed by atoms with E-state index in [9.17, 15) is 21.0 Å². The summed E-state index contributed by atoms with van der Waals surface area (Å²) in [5.41, 5.74) is 14.8. The third-order valence-electron chi connectivity index (χ3n) is 13.9. The van der Waals surface area contributed by atoms with Crippen LogP contribution in [-0.4, -0.2) is 29.1 Å². The van der Waals surface area contributed by atoms with Gasteiger partial charge < -0.3 is 9.13 Å². The number of hydrogen-bond donors (Lipinski definition) is 0. The summed E-state index contributed by atoms with van der Waals surface area (Å²) in [5, 5.41) is 43.5. The van der Waals surface area contributed by atoms with Gasteiger partial charge in [0.1, 0.15) is 0 Å². The van der Waals surface area contributed by atoms with Crippen LogP contribution in [-0.2, 0) is 0 Å². The molecule has 0 bridgehead atoms. The number of benzene rings is 9. The van der Waals surface area contributed by atoms with Crippen molar-refractivity contribution < 1.29 is 0 Å². The van der Waals surface area contributed by atoms with Crippen molar-refractivity contribution in [3.63, 3.8) is 0 Å². The third kappa shape index (κ3) is 7.64. The molecule has 13 rings (SSSR count). The molecule has 0 saturated carbocycles. The van der Waals surface area contributed by atoms with Crippen LogP contribution in [0.1, 0.15) is 22.3 Å². The molecule has 76 heavy (non-hydrogen) atoms. The van der Waals surface area contributed by atoms with Gasteiger partial charge in [-0.3, -0.25) is 4.98 Å². The van der Waals surface area contributed by atoms with E-state index in [2.05, 4.69) is 106 Å². The molecule has 0 amide bonds. The van der Waals surface area contributed by atoms with E-state index in [4.69, 9.17) is 19.9 Å². The summed E-state index contributed by atoms with van der Waals surface area (Å²) in [4.78, 5) is 20.1. The Morgan fingerprint density at radius 3 is 1.20 bits per heavy atom. The minimum atomic E-state index is 0.415. The molecular formula is C66H36N10. The first-order chi connectivity index (χ1) is 37.5. The Labute approximate surface area is 435 Å². The predicted octanol–water partition coefficient (Wildman–Crippen LogP) is 14.9. The zero-order valence-electron chi connectivity index (χ0n) is 40.3. The van der Waals surface area contributed by atoms with Gasteiger partial charge in [-0.25, -0.2) is 15.0 Å². The summed E-state index contributed by atoms with van der Waals surface area (Å²) in [5.74, 6) is 1.60. The number of pyridine rings is 1. The fourth-order valence-electron chi connectivity index (χ4n) is 10.5. The van der Waals surface area contributed by atoms with Gasteiger partial charge in [0, 0.05) is 55.6 Å². The van der Waals surface area contributed by atoms with E-state index in [1.165, 1.54) is 0 Å². The van der Waals surface area contributed by atoms with E-state index in [1.807, 2.05) is 134 Å². The lowest BCUT2D eigenvalue weighted by Gasteiger charge is -2.19. The average Bonchev–Trinajstić information content (AvgIpc) is 4.10. The standard InChI is InChI=1S/C66H36N10/c67-36-41-27-42(37-68)30-50(29-41)47-20-23-60-56(33-47)52-15-7-9-17-58(52)75(60)62-35-49(66-73-64(45-11-3-1-4-12-45)72-65(74-66)46-13-5-2-6-14-46)19-22-54(62)55-25-26-71-40-63(55)76-59-18-10-8-16-53(59)57-34-48(21-24-61(57)76)51-31-43(38-69)28-44(32-51)39-70/h1-35,40H. The highest BCUT2D eigenvalue weighted by Crippen LogP contribution is 2.43. The number of para-hydroxylation sites is 2. The minimum Gasteiger partial charge on any atom is -0.309 e. The second kappa shape index (κ2) is 18.4. The molecule has 4 aromatic heterocycles. The molecule has 10 nitrogen and oxygen atoms in total. The second-order valence-corrected chi connectivity index (χ2v) is 18.4. The Bertz CT molecular complexity index is 4570. The van der Waals surface area contributed by atoms with Crippen LogP contribution in [0.2, 0.25) is 0 Å². The maximum atomic E-state index is 9.91. The molecule has 9 aromatic carbocycles. The molecule has 350 valence electrons. The fourth-order valence-corrected chi connectivity index (χ4v) is 10.5. The van der Waals surface area contributed by atoms with Gasteiger partial charge in [0.25, 0.3) is 0 Å². The van der Waals surface area contributed by atoms with E-state index in [0.29, 0.717) is 39.7 Å². The fraction of sp³-hybridized carbons (Fsp3) is 0. The molecular weight excluding hydrogens is 933 g/mol. The first kappa shape index (κ1) is 44.6. The van der Waals surface area contributed by atoms with E-state index < -0.39 is 0 Å². The lowest BCUT2D eigenvalue weighted by molar-refractivity contribution is 1.07. The molecule has 0 N–H and O–H groups in total. The van der Waals surface area contributed by atoms with Gasteiger partial charge >= 0.3 is 0 Å². The number of aromatic nitrogens is 6. The Morgan fingerprint density at radius 2 is 0.711 bits per heavy atom. The van der Waals surface area contributed by atoms with Crippen molar-refractivity contribution in [1.29, 1.82) is 21.0 Å². The molecule has 0 aliphatic carbocycles. The number of fused-ring (bicyclic) bond motifs is 6. The maximum Gasteiger partial charge on any atom is 0.164 e. The highest BCUT2D eigenvalue weighted by molar-refractivity contribution is 6.13. The monoisotopic (exact) mass is 968 g/mol. The van der Waals surface area contributed by atoms with E-state index >= 15 is 0 Å². The second-order valence-electron chi connectivity index (χ2n) is 18.4. The van der Waals surface area contributed by atoms with Gasteiger partial charge in [0.05, 0.1) is 86.2 Å². The van der Waals surface area contributed by atoms with Gasteiger partial charge in [-0.1, -0.05) is 121 Å². The summed E-state index contributed by atoms with van der Waals surface area (Å²) in [6, 6.07) is 76.9. The molecule has 0 aliphatic rings. The molecule has 0 saturated heterocycles. The topological polar surface area (TPSA) is 157 Å². The largest absolute Gasteiger partial charge is 0.309 e. The van der Waals surface area contributed by atoms with Crippen molar-refractivity contribution in [2.45, 2.75) is 0 Å². The van der Waals surface area contributed by atoms with Crippen molar-refractivity contribution >= 4 is 43.6 Å². The van der Waals surface area contributed by atoms with Crippen molar-refractivity contribution in [1.82, 2.24) is 29.1 Å². The first-order valence-corrected chi connectivity index (χ1v) is 24.4. The molecule has 4 heterocycles. The smallest absolute Gasteiger partial charge is 0.164 e. The quantitative estimate of drug-likeness (QED) is 0.146. The lowest BCUT2D eigenvalue weighted by Crippen LogP contribution is -2.04. The van der Waals surface area contributed by atoms with Crippen molar-refractivity contribution in [2.75, 3.05) is 0 Å². The van der Waals surface area contributed by atoms with Gasteiger partial charge in [-0.05, 0) is 107 Å². The number of hydrogen-bond acceptors (Lipinski definition) is 8. The Kier molecular flexibility index (Phi) is 10.8. The zero-order valence-corrected chi connectivity index (χ0v) is 40.3. The van der Waals surface area contributed by atoms with Crippen molar-refractivity contribution in [2.24, 2.45) is 0 Å². The van der Waals surface area contributed by atoms with Crippen LogP contribution in [0.25, 0.3) is 123 Å². The van der Waals surface area contributed by atoms with Crippen LogP contribution in [0.5, 0.6) is 0 Å². The molecule has 10 heteroatoms. The van der Waals surface area contributed by atoms with Crippen LogP contribution < -0.4 is 0 Å². The number of nitriles is 4. The van der Waals surface area contributed by atoms with Gasteiger partial charge in [0.15, 0.2) is 17.5 Å². The number of nitrogens with zero attached hydrogens (tertiary/aromatic N) is 10. The molecule has 0 unspecified atom stereocenters. The molecule has 0 radical (unpaired) electrons. The Hall–Kier alpha value is -11.3. The highest BCUT2D eigenvalue weighted by atomic mass is 15.0. The van der Waals surface area contributed by atoms with Crippen molar-refractivity contribution in [3.8, 4) is 103 Å². The molecule has 0 atom stereocenters.